The molecule has 0 spiro atoms. The molecule has 11 heavy (non-hydrogen) atoms. The topological polar surface area (TPSA) is 16.1 Å². The molecule has 0 unspecified atom stereocenters. The van der Waals surface area contributed by atoms with Gasteiger partial charge in [0.1, 0.15) is 5.82 Å². The minimum atomic E-state index is 0.814. The van der Waals surface area contributed by atoms with Gasteiger partial charge in [0.05, 0.1) is 5.69 Å². The summed E-state index contributed by atoms with van der Waals surface area (Å²) in [5, 5.41) is 0.814. The molecule has 1 aromatic heterocycles. The Kier molecular flexibility index (Phi) is 2.88. The average molecular weight is 215 g/mol. The Labute approximate surface area is 75.4 Å². The van der Waals surface area contributed by atoms with Crippen LogP contribution in [-0.2, 0) is 5.33 Å². The molecule has 0 fully saturated rings. The molecule has 1 aromatic rings. The van der Waals surface area contributed by atoms with Crippen LogP contribution in [0.25, 0.3) is 0 Å². The van der Waals surface area contributed by atoms with Gasteiger partial charge in [-0.25, -0.2) is 4.98 Å². The minimum Gasteiger partial charge on any atom is -0.363 e. The first-order valence-corrected chi connectivity index (χ1v) is 4.55. The van der Waals surface area contributed by atoms with E-state index in [9.17, 15) is 0 Å². The van der Waals surface area contributed by atoms with E-state index in [2.05, 4.69) is 20.9 Å². The zero-order valence-electron chi connectivity index (χ0n) is 6.71. The minimum absolute atomic E-state index is 0.814. The maximum atomic E-state index is 4.37. The lowest BCUT2D eigenvalue weighted by Gasteiger charge is -2.10. The highest BCUT2D eigenvalue weighted by atomic mass is 79.9. The van der Waals surface area contributed by atoms with Crippen LogP contribution in [-0.4, -0.2) is 19.1 Å². The molecular weight excluding hydrogens is 204 g/mol. The Morgan fingerprint density at radius 3 is 2.73 bits per heavy atom. The number of aromatic nitrogens is 1. The summed E-state index contributed by atoms with van der Waals surface area (Å²) in [5.74, 6) is 1.00. The maximum absolute atomic E-state index is 4.37. The van der Waals surface area contributed by atoms with Gasteiger partial charge in [-0.3, -0.25) is 0 Å². The van der Waals surface area contributed by atoms with E-state index < -0.39 is 0 Å². The van der Waals surface area contributed by atoms with Gasteiger partial charge in [0.2, 0.25) is 0 Å². The number of halogens is 1. The third kappa shape index (κ3) is 2.19. The van der Waals surface area contributed by atoms with Gasteiger partial charge < -0.3 is 4.90 Å². The zero-order chi connectivity index (χ0) is 8.27. The molecule has 60 valence electrons. The number of hydrogen-bond acceptors (Lipinski definition) is 2. The smallest absolute Gasteiger partial charge is 0.128 e. The number of pyridine rings is 1. The molecule has 0 aliphatic carbocycles. The van der Waals surface area contributed by atoms with E-state index in [4.69, 9.17) is 0 Å². The van der Waals surface area contributed by atoms with Gasteiger partial charge in [-0.2, -0.15) is 0 Å². The molecule has 0 saturated carbocycles. The fourth-order valence-corrected chi connectivity index (χ4v) is 1.10. The highest BCUT2D eigenvalue weighted by Gasteiger charge is 1.96. The number of alkyl halides is 1. The van der Waals surface area contributed by atoms with Crippen LogP contribution in [0.5, 0.6) is 0 Å². The van der Waals surface area contributed by atoms with Crippen LogP contribution in [0.4, 0.5) is 5.82 Å². The summed E-state index contributed by atoms with van der Waals surface area (Å²) in [7, 11) is 3.97. The monoisotopic (exact) mass is 214 g/mol. The van der Waals surface area contributed by atoms with Crippen molar-refractivity contribution in [2.24, 2.45) is 0 Å². The molecule has 0 N–H and O–H groups in total. The van der Waals surface area contributed by atoms with Crippen LogP contribution in [0.1, 0.15) is 5.69 Å². The van der Waals surface area contributed by atoms with Crippen LogP contribution >= 0.6 is 15.9 Å². The summed E-state index contributed by atoms with van der Waals surface area (Å²) < 4.78 is 0. The van der Waals surface area contributed by atoms with Gasteiger partial charge in [-0.15, -0.1) is 0 Å². The summed E-state index contributed by atoms with van der Waals surface area (Å²) in [4.78, 5) is 6.36. The summed E-state index contributed by atoms with van der Waals surface area (Å²) in [6, 6.07) is 6.01. The van der Waals surface area contributed by atoms with Crippen LogP contribution in [0.2, 0.25) is 0 Å². The van der Waals surface area contributed by atoms with Crippen LogP contribution < -0.4 is 4.90 Å². The molecule has 1 rings (SSSR count). The molecule has 0 bridgehead atoms. The SMILES string of the molecule is CN(C)c1cccc(CBr)n1. The molecular formula is C8H11BrN2. The van der Waals surface area contributed by atoms with E-state index in [1.807, 2.05) is 37.2 Å². The van der Waals surface area contributed by atoms with Crippen LogP contribution in [0.15, 0.2) is 18.2 Å². The molecule has 0 aliphatic rings. The van der Waals surface area contributed by atoms with Crippen molar-refractivity contribution in [3.05, 3.63) is 23.9 Å². The standard InChI is InChI=1S/C8H11BrN2/c1-11(2)8-5-3-4-7(6-9)10-8/h3-5H,6H2,1-2H3. The predicted octanol–water partition coefficient (Wildman–Crippen LogP) is 2.04. The zero-order valence-corrected chi connectivity index (χ0v) is 8.30. The lowest BCUT2D eigenvalue weighted by molar-refractivity contribution is 1.04. The van der Waals surface area contributed by atoms with Crippen LogP contribution in [0, 0.1) is 0 Å². The van der Waals surface area contributed by atoms with Gasteiger partial charge in [-0.1, -0.05) is 22.0 Å². The molecule has 0 saturated heterocycles. The van der Waals surface area contributed by atoms with Crippen molar-refractivity contribution in [2.75, 3.05) is 19.0 Å². The van der Waals surface area contributed by atoms with Gasteiger partial charge in [-0.05, 0) is 12.1 Å². The Morgan fingerprint density at radius 1 is 1.45 bits per heavy atom. The van der Waals surface area contributed by atoms with Crippen molar-refractivity contribution in [1.29, 1.82) is 0 Å². The maximum Gasteiger partial charge on any atom is 0.128 e. The third-order valence-electron chi connectivity index (χ3n) is 1.39. The molecule has 0 amide bonds. The molecule has 3 heteroatoms. The second kappa shape index (κ2) is 3.72. The molecule has 0 radical (unpaired) electrons. The van der Waals surface area contributed by atoms with E-state index in [-0.39, 0.29) is 0 Å². The van der Waals surface area contributed by atoms with E-state index >= 15 is 0 Å². The molecule has 0 atom stereocenters. The van der Waals surface area contributed by atoms with Crippen molar-refractivity contribution in [3.63, 3.8) is 0 Å². The normalized spacial score (nSPS) is 9.73. The van der Waals surface area contributed by atoms with Crippen molar-refractivity contribution >= 4 is 21.7 Å². The van der Waals surface area contributed by atoms with E-state index in [1.165, 1.54) is 0 Å². The van der Waals surface area contributed by atoms with Gasteiger partial charge >= 0.3 is 0 Å². The number of anilines is 1. The second-order valence-corrected chi connectivity index (χ2v) is 3.08. The van der Waals surface area contributed by atoms with Gasteiger partial charge in [0, 0.05) is 19.4 Å². The quantitative estimate of drug-likeness (QED) is 0.702. The first-order valence-electron chi connectivity index (χ1n) is 3.43. The lowest BCUT2D eigenvalue weighted by atomic mass is 10.4. The highest BCUT2D eigenvalue weighted by Crippen LogP contribution is 2.09. The lowest BCUT2D eigenvalue weighted by Crippen LogP contribution is -2.10. The number of nitrogens with zero attached hydrogens (tertiary/aromatic N) is 2. The Hall–Kier alpha value is -0.570. The second-order valence-electron chi connectivity index (χ2n) is 2.52. The predicted molar refractivity (Wildman–Crippen MR) is 51.2 cm³/mol. The fourth-order valence-electron chi connectivity index (χ4n) is 0.790. The van der Waals surface area contributed by atoms with Gasteiger partial charge in [0.25, 0.3) is 0 Å². The summed E-state index contributed by atoms with van der Waals surface area (Å²) in [6.07, 6.45) is 0. The number of hydrogen-bond donors (Lipinski definition) is 0. The average Bonchev–Trinajstić information content (AvgIpc) is 2.05. The molecule has 0 aromatic carbocycles. The Morgan fingerprint density at radius 2 is 2.18 bits per heavy atom. The molecule has 2 nitrogen and oxygen atoms in total. The third-order valence-corrected chi connectivity index (χ3v) is 1.96. The summed E-state index contributed by atoms with van der Waals surface area (Å²) in [5.41, 5.74) is 1.07. The largest absolute Gasteiger partial charge is 0.363 e. The first-order chi connectivity index (χ1) is 5.24. The molecule has 0 aliphatic heterocycles. The Balaban J connectivity index is 2.91. The van der Waals surface area contributed by atoms with Crippen molar-refractivity contribution < 1.29 is 0 Å². The summed E-state index contributed by atoms with van der Waals surface area (Å²) >= 11 is 3.36. The van der Waals surface area contributed by atoms with Crippen molar-refractivity contribution in [3.8, 4) is 0 Å². The van der Waals surface area contributed by atoms with Crippen molar-refractivity contribution in [1.82, 2.24) is 4.98 Å². The summed E-state index contributed by atoms with van der Waals surface area (Å²) in [6.45, 7) is 0. The van der Waals surface area contributed by atoms with E-state index in [0.29, 0.717) is 0 Å². The van der Waals surface area contributed by atoms with E-state index in [0.717, 1.165) is 16.8 Å². The number of rotatable bonds is 2. The fraction of sp³-hybridized carbons (Fsp3) is 0.375. The van der Waals surface area contributed by atoms with Gasteiger partial charge in [0.15, 0.2) is 0 Å². The van der Waals surface area contributed by atoms with Crippen molar-refractivity contribution in [2.45, 2.75) is 5.33 Å². The van der Waals surface area contributed by atoms with Crippen LogP contribution in [0.3, 0.4) is 0 Å². The first kappa shape index (κ1) is 8.53. The molecule has 1 heterocycles. The Bertz CT molecular complexity index is 235. The highest BCUT2D eigenvalue weighted by molar-refractivity contribution is 9.08. The van der Waals surface area contributed by atoms with E-state index in [1.54, 1.807) is 0 Å².